The topological polar surface area (TPSA) is 108 Å². The van der Waals surface area contributed by atoms with Gasteiger partial charge in [-0.15, -0.1) is 0 Å². The number of allylic oxidation sites excluding steroid dienone is 4. The second-order valence-corrected chi connectivity index (χ2v) is 26.3. The quantitative estimate of drug-likeness (QED) is 0.0211. The van der Waals surface area contributed by atoms with Crippen LogP contribution in [0.4, 0.5) is 0 Å². The number of likely N-dealkylation sites (N-methyl/N-ethyl adjacent to an activating group) is 1. The third-order valence-electron chi connectivity index (χ3n) is 16.7. The third-order valence-corrected chi connectivity index (χ3v) is 16.7. The molecule has 0 aromatic heterocycles. The van der Waals surface area contributed by atoms with E-state index in [9.17, 15) is 19.5 Å². The number of hydrogen-bond donors (Lipinski definition) is 1. The molecule has 0 amide bonds. The van der Waals surface area contributed by atoms with Crippen molar-refractivity contribution >= 4 is 17.9 Å². The van der Waals surface area contributed by atoms with E-state index in [0.717, 1.165) is 44.9 Å². The summed E-state index contributed by atoms with van der Waals surface area (Å²) in [6.07, 6.45) is 79.0. The largest absolute Gasteiger partial charge is 0.477 e. The van der Waals surface area contributed by atoms with Gasteiger partial charge in [0, 0.05) is 12.8 Å². The van der Waals surface area contributed by atoms with Crippen LogP contribution in [0.15, 0.2) is 24.3 Å². The van der Waals surface area contributed by atoms with Gasteiger partial charge < -0.3 is 28.5 Å². The van der Waals surface area contributed by atoms with Gasteiger partial charge in [-0.05, 0) is 44.9 Å². The van der Waals surface area contributed by atoms with Crippen LogP contribution in [0.3, 0.4) is 0 Å². The number of aliphatic carboxylic acids is 1. The van der Waals surface area contributed by atoms with Gasteiger partial charge in [0.05, 0.1) is 34.4 Å². The van der Waals surface area contributed by atoms with Gasteiger partial charge in [0.1, 0.15) is 13.2 Å². The molecule has 0 saturated heterocycles. The second-order valence-electron chi connectivity index (χ2n) is 26.3. The number of esters is 2. The summed E-state index contributed by atoms with van der Waals surface area (Å²) < 4.78 is 23.0. The van der Waals surface area contributed by atoms with Crippen LogP contribution >= 0.6 is 0 Å². The Labute approximate surface area is 516 Å². The summed E-state index contributed by atoms with van der Waals surface area (Å²) in [6, 6.07) is 0. The Morgan fingerprint density at radius 2 is 0.651 bits per heavy atom. The lowest BCUT2D eigenvalue weighted by molar-refractivity contribution is -0.870. The van der Waals surface area contributed by atoms with Crippen LogP contribution in [0.2, 0.25) is 0 Å². The molecule has 0 aliphatic heterocycles. The maximum Gasteiger partial charge on any atom is 0.361 e. The predicted molar refractivity (Wildman–Crippen MR) is 355 cm³/mol. The van der Waals surface area contributed by atoms with Crippen molar-refractivity contribution in [1.82, 2.24) is 0 Å². The summed E-state index contributed by atoms with van der Waals surface area (Å²) in [5, 5.41) is 9.73. The molecule has 9 nitrogen and oxygen atoms in total. The van der Waals surface area contributed by atoms with Gasteiger partial charge in [0.25, 0.3) is 6.29 Å². The Hall–Kier alpha value is -2.23. The molecule has 0 rings (SSSR count). The first-order valence-corrected chi connectivity index (χ1v) is 36.5. The molecule has 83 heavy (non-hydrogen) atoms. The Morgan fingerprint density at radius 1 is 0.361 bits per heavy atom. The molecule has 0 fully saturated rings. The molecule has 0 heterocycles. The minimum atomic E-state index is -1.51. The van der Waals surface area contributed by atoms with E-state index in [-0.39, 0.29) is 38.2 Å². The molecule has 490 valence electrons. The van der Waals surface area contributed by atoms with Crippen molar-refractivity contribution in [3.63, 3.8) is 0 Å². The van der Waals surface area contributed by atoms with E-state index >= 15 is 0 Å². The van der Waals surface area contributed by atoms with Crippen LogP contribution in [0.1, 0.15) is 373 Å². The highest BCUT2D eigenvalue weighted by Crippen LogP contribution is 2.19. The maximum absolute atomic E-state index is 12.9. The van der Waals surface area contributed by atoms with Crippen molar-refractivity contribution in [2.24, 2.45) is 0 Å². The molecule has 0 spiro atoms. The van der Waals surface area contributed by atoms with Crippen LogP contribution in [0, 0.1) is 0 Å². The number of carboxylic acid groups (broad SMARTS) is 1. The van der Waals surface area contributed by atoms with Gasteiger partial charge in [-0.2, -0.15) is 0 Å². The van der Waals surface area contributed by atoms with Crippen molar-refractivity contribution in [3.8, 4) is 0 Å². The molecule has 0 aromatic carbocycles. The summed E-state index contributed by atoms with van der Waals surface area (Å²) in [4.78, 5) is 37.5. The first kappa shape index (κ1) is 80.8. The van der Waals surface area contributed by atoms with Crippen LogP contribution in [-0.2, 0) is 33.3 Å². The highest BCUT2D eigenvalue weighted by atomic mass is 16.7. The zero-order chi connectivity index (χ0) is 60.5. The minimum absolute atomic E-state index is 0.173. The Bertz CT molecular complexity index is 1410. The summed E-state index contributed by atoms with van der Waals surface area (Å²) in [5.41, 5.74) is 0. The van der Waals surface area contributed by atoms with Crippen molar-refractivity contribution in [3.05, 3.63) is 24.3 Å². The molecular weight excluding hydrogens is 1030 g/mol. The number of carbonyl (C=O) groups excluding carboxylic acids is 2. The summed E-state index contributed by atoms with van der Waals surface area (Å²) >= 11 is 0. The van der Waals surface area contributed by atoms with Gasteiger partial charge >= 0.3 is 17.9 Å². The first-order chi connectivity index (χ1) is 40.6. The highest BCUT2D eigenvalue weighted by molar-refractivity contribution is 5.71. The third kappa shape index (κ3) is 67.1. The number of carbonyl (C=O) groups is 3. The van der Waals surface area contributed by atoms with Crippen molar-refractivity contribution in [1.29, 1.82) is 0 Å². The van der Waals surface area contributed by atoms with Gasteiger partial charge in [-0.25, -0.2) is 4.79 Å². The average Bonchev–Trinajstić information content (AvgIpc) is 3.46. The number of hydrogen-bond acceptors (Lipinski definition) is 7. The van der Waals surface area contributed by atoms with E-state index in [1.807, 2.05) is 21.1 Å². The van der Waals surface area contributed by atoms with Crippen molar-refractivity contribution < 1.29 is 42.9 Å². The summed E-state index contributed by atoms with van der Waals surface area (Å²) in [6.45, 7) is 4.94. The van der Waals surface area contributed by atoms with Crippen LogP contribution in [0.25, 0.3) is 0 Å². The normalized spacial score (nSPS) is 12.7. The molecular formula is C74H142NO8+. The zero-order valence-corrected chi connectivity index (χ0v) is 56.1. The first-order valence-electron chi connectivity index (χ1n) is 36.5. The Balaban J connectivity index is 3.89. The van der Waals surface area contributed by atoms with Crippen molar-refractivity contribution in [2.45, 2.75) is 386 Å². The smallest absolute Gasteiger partial charge is 0.361 e. The molecule has 2 unspecified atom stereocenters. The van der Waals surface area contributed by atoms with Gasteiger partial charge in [0.2, 0.25) is 0 Å². The fourth-order valence-electron chi connectivity index (χ4n) is 11.1. The van der Waals surface area contributed by atoms with Gasteiger partial charge in [-0.1, -0.05) is 340 Å². The number of rotatable bonds is 69. The SMILES string of the molecule is CCCCCCC/C=C\C/C=C\CCCCCCCCCCCCCCCCCCCCCCCCCCCCCCCC(=O)OC(COC(=O)CCCCCCCCCCCCCCCCCCC)COC(OCC[N+](C)(C)C)C(=O)O. The number of ether oxygens (including phenoxy) is 4. The lowest BCUT2D eigenvalue weighted by Crippen LogP contribution is -2.40. The Kier molecular flexibility index (Phi) is 64.0. The fourth-order valence-corrected chi connectivity index (χ4v) is 11.1. The Morgan fingerprint density at radius 3 is 0.952 bits per heavy atom. The molecule has 0 bridgehead atoms. The van der Waals surface area contributed by atoms with Gasteiger partial charge in [-0.3, -0.25) is 9.59 Å². The molecule has 1 N–H and O–H groups in total. The standard InChI is InChI=1S/C74H141NO8/c1-6-8-10-12-14-16-18-20-22-24-25-26-27-28-29-30-31-32-33-34-35-36-37-38-39-40-41-42-43-44-45-46-47-49-51-53-55-57-59-61-63-65-72(77)83-70(69-82-74(73(78)79)80-67-66-75(3,4)5)68-81-71(76)64-62-60-58-56-54-52-50-48-23-21-19-17-15-13-11-9-7-2/h18,20,24-25,70,74H,6-17,19,21-23,26-69H2,1-5H3/p+1/b20-18-,25-24-. The molecule has 9 heteroatoms. The lowest BCUT2D eigenvalue weighted by atomic mass is 10.0. The van der Waals surface area contributed by atoms with Crippen LogP contribution < -0.4 is 0 Å². The highest BCUT2D eigenvalue weighted by Gasteiger charge is 2.25. The molecule has 0 aromatic rings. The fraction of sp³-hybridized carbons (Fsp3) is 0.905. The van der Waals surface area contributed by atoms with E-state index in [2.05, 4.69) is 38.2 Å². The zero-order valence-electron chi connectivity index (χ0n) is 56.1. The van der Waals surface area contributed by atoms with Crippen molar-refractivity contribution in [2.75, 3.05) is 47.5 Å². The number of quaternary nitrogens is 1. The number of unbranched alkanes of at least 4 members (excludes halogenated alkanes) is 50. The van der Waals surface area contributed by atoms with Crippen LogP contribution in [0.5, 0.6) is 0 Å². The minimum Gasteiger partial charge on any atom is -0.477 e. The second kappa shape index (κ2) is 65.7. The summed E-state index contributed by atoms with van der Waals surface area (Å²) in [5.74, 6) is -1.97. The van der Waals surface area contributed by atoms with E-state index in [1.165, 1.54) is 302 Å². The monoisotopic (exact) mass is 1170 g/mol. The maximum atomic E-state index is 12.9. The average molecular weight is 1170 g/mol. The van der Waals surface area contributed by atoms with Gasteiger partial charge in [0.15, 0.2) is 6.10 Å². The lowest BCUT2D eigenvalue weighted by Gasteiger charge is -2.25. The number of carboxylic acids is 1. The molecule has 0 radical (unpaired) electrons. The van der Waals surface area contributed by atoms with E-state index in [1.54, 1.807) is 0 Å². The van der Waals surface area contributed by atoms with E-state index in [0.29, 0.717) is 17.4 Å². The predicted octanol–water partition coefficient (Wildman–Crippen LogP) is 22.6. The van der Waals surface area contributed by atoms with Crippen LogP contribution in [-0.4, -0.2) is 87.4 Å². The van der Waals surface area contributed by atoms with E-state index in [4.69, 9.17) is 18.9 Å². The van der Waals surface area contributed by atoms with E-state index < -0.39 is 18.4 Å². The molecule has 0 aliphatic carbocycles. The molecule has 2 atom stereocenters. The number of nitrogens with zero attached hydrogens (tertiary/aromatic N) is 1. The molecule has 0 aliphatic rings. The summed E-state index contributed by atoms with van der Waals surface area (Å²) in [7, 11) is 5.99. The molecule has 0 saturated carbocycles.